The molecule has 3 aromatic rings. The standard InChI is InChI=1S/C22H24N2O/c1-15-11-12-21(16(2)13-15)24-22(25)14-23-17(3)19-10-6-8-18-7-4-5-9-20(18)19/h4-13,17,23H,14H2,1-3H3,(H,24,25)/t17-/m1/s1. The molecule has 0 bridgehead atoms. The molecule has 0 aliphatic heterocycles. The molecule has 0 aliphatic carbocycles. The Morgan fingerprint density at radius 3 is 2.56 bits per heavy atom. The van der Waals surface area contributed by atoms with Crippen LogP contribution in [0.15, 0.2) is 60.7 Å². The zero-order valence-electron chi connectivity index (χ0n) is 15.0. The van der Waals surface area contributed by atoms with E-state index in [1.54, 1.807) is 0 Å². The van der Waals surface area contributed by atoms with Crippen molar-refractivity contribution < 1.29 is 4.79 Å². The smallest absolute Gasteiger partial charge is 0.238 e. The van der Waals surface area contributed by atoms with Gasteiger partial charge in [0.15, 0.2) is 0 Å². The number of aryl methyl sites for hydroxylation is 2. The molecule has 0 aromatic heterocycles. The van der Waals surface area contributed by atoms with Crippen molar-refractivity contribution in [2.75, 3.05) is 11.9 Å². The molecule has 0 heterocycles. The molecular weight excluding hydrogens is 308 g/mol. The van der Waals surface area contributed by atoms with E-state index in [0.717, 1.165) is 11.3 Å². The van der Waals surface area contributed by atoms with Gasteiger partial charge in [-0.3, -0.25) is 4.79 Å². The van der Waals surface area contributed by atoms with E-state index >= 15 is 0 Å². The number of hydrogen-bond donors (Lipinski definition) is 2. The predicted octanol–water partition coefficient (Wildman–Crippen LogP) is 4.75. The maximum atomic E-state index is 12.3. The number of anilines is 1. The average Bonchev–Trinajstić information content (AvgIpc) is 2.61. The highest BCUT2D eigenvalue weighted by Gasteiger charge is 2.11. The monoisotopic (exact) mass is 332 g/mol. The van der Waals surface area contributed by atoms with Crippen LogP contribution >= 0.6 is 0 Å². The van der Waals surface area contributed by atoms with Crippen LogP contribution < -0.4 is 10.6 Å². The lowest BCUT2D eigenvalue weighted by molar-refractivity contribution is -0.115. The van der Waals surface area contributed by atoms with Gasteiger partial charge >= 0.3 is 0 Å². The molecule has 0 saturated carbocycles. The molecule has 0 radical (unpaired) electrons. The summed E-state index contributed by atoms with van der Waals surface area (Å²) in [6.07, 6.45) is 0. The van der Waals surface area contributed by atoms with Gasteiger partial charge in [0.1, 0.15) is 0 Å². The average molecular weight is 332 g/mol. The minimum atomic E-state index is -0.0287. The Morgan fingerprint density at radius 1 is 1.00 bits per heavy atom. The molecule has 0 aliphatic rings. The Morgan fingerprint density at radius 2 is 1.76 bits per heavy atom. The third-order valence-corrected chi connectivity index (χ3v) is 4.51. The van der Waals surface area contributed by atoms with Crippen molar-refractivity contribution in [2.45, 2.75) is 26.8 Å². The lowest BCUT2D eigenvalue weighted by Gasteiger charge is -2.17. The van der Waals surface area contributed by atoms with Gasteiger partial charge in [-0.25, -0.2) is 0 Å². The quantitative estimate of drug-likeness (QED) is 0.708. The Labute approximate surface area is 149 Å². The van der Waals surface area contributed by atoms with Gasteiger partial charge in [0, 0.05) is 11.7 Å². The van der Waals surface area contributed by atoms with E-state index in [1.165, 1.54) is 21.9 Å². The Kier molecular flexibility index (Phi) is 5.15. The van der Waals surface area contributed by atoms with E-state index in [9.17, 15) is 4.79 Å². The largest absolute Gasteiger partial charge is 0.325 e. The summed E-state index contributed by atoms with van der Waals surface area (Å²) >= 11 is 0. The highest BCUT2D eigenvalue weighted by atomic mass is 16.1. The molecule has 3 rings (SSSR count). The zero-order valence-corrected chi connectivity index (χ0v) is 15.0. The van der Waals surface area contributed by atoms with Gasteiger partial charge in [-0.15, -0.1) is 0 Å². The first-order valence-electron chi connectivity index (χ1n) is 8.63. The fourth-order valence-corrected chi connectivity index (χ4v) is 3.13. The Hall–Kier alpha value is -2.65. The molecule has 3 nitrogen and oxygen atoms in total. The molecule has 1 amide bonds. The molecule has 0 spiro atoms. The molecular formula is C22H24N2O. The number of amides is 1. The van der Waals surface area contributed by atoms with Crippen molar-refractivity contribution in [2.24, 2.45) is 0 Å². The van der Waals surface area contributed by atoms with Crippen molar-refractivity contribution in [3.8, 4) is 0 Å². The number of fused-ring (bicyclic) bond motifs is 1. The van der Waals surface area contributed by atoms with Crippen LogP contribution in [0.3, 0.4) is 0 Å². The van der Waals surface area contributed by atoms with Crippen LogP contribution in [0, 0.1) is 13.8 Å². The maximum Gasteiger partial charge on any atom is 0.238 e. The third kappa shape index (κ3) is 4.06. The van der Waals surface area contributed by atoms with Crippen LogP contribution in [0.1, 0.15) is 29.7 Å². The number of carbonyl (C=O) groups excluding carboxylic acids is 1. The Balaban J connectivity index is 1.65. The Bertz CT molecular complexity index is 896. The first-order valence-corrected chi connectivity index (χ1v) is 8.63. The lowest BCUT2D eigenvalue weighted by Crippen LogP contribution is -2.30. The lowest BCUT2D eigenvalue weighted by atomic mass is 10.00. The molecule has 128 valence electrons. The van der Waals surface area contributed by atoms with Gasteiger partial charge in [-0.05, 0) is 48.7 Å². The van der Waals surface area contributed by atoms with Crippen molar-refractivity contribution in [1.29, 1.82) is 0 Å². The number of hydrogen-bond acceptors (Lipinski definition) is 2. The maximum absolute atomic E-state index is 12.3. The van der Waals surface area contributed by atoms with E-state index in [-0.39, 0.29) is 18.5 Å². The van der Waals surface area contributed by atoms with Gasteiger partial charge in [0.05, 0.1) is 6.54 Å². The van der Waals surface area contributed by atoms with Gasteiger partial charge < -0.3 is 10.6 Å². The van der Waals surface area contributed by atoms with E-state index in [0.29, 0.717) is 0 Å². The van der Waals surface area contributed by atoms with Crippen molar-refractivity contribution >= 4 is 22.4 Å². The van der Waals surface area contributed by atoms with Crippen LogP contribution in [-0.4, -0.2) is 12.5 Å². The minimum absolute atomic E-state index is 0.0287. The van der Waals surface area contributed by atoms with E-state index in [2.05, 4.69) is 54.0 Å². The first-order chi connectivity index (χ1) is 12.0. The van der Waals surface area contributed by atoms with Crippen molar-refractivity contribution in [1.82, 2.24) is 5.32 Å². The van der Waals surface area contributed by atoms with Gasteiger partial charge in [-0.1, -0.05) is 60.2 Å². The topological polar surface area (TPSA) is 41.1 Å². The molecule has 2 N–H and O–H groups in total. The van der Waals surface area contributed by atoms with Gasteiger partial charge in [-0.2, -0.15) is 0 Å². The summed E-state index contributed by atoms with van der Waals surface area (Å²) in [4.78, 5) is 12.3. The minimum Gasteiger partial charge on any atom is -0.325 e. The SMILES string of the molecule is Cc1ccc(NC(=O)CN[C@H](C)c2cccc3ccccc23)c(C)c1. The second-order valence-electron chi connectivity index (χ2n) is 6.54. The normalized spacial score (nSPS) is 12.1. The van der Waals surface area contributed by atoms with E-state index < -0.39 is 0 Å². The summed E-state index contributed by atoms with van der Waals surface area (Å²) in [7, 11) is 0. The van der Waals surface area contributed by atoms with Crippen LogP contribution in [0.2, 0.25) is 0 Å². The molecule has 25 heavy (non-hydrogen) atoms. The molecule has 0 saturated heterocycles. The fourth-order valence-electron chi connectivity index (χ4n) is 3.13. The molecule has 1 atom stereocenters. The van der Waals surface area contributed by atoms with Crippen LogP contribution in [0.4, 0.5) is 5.69 Å². The molecule has 0 fully saturated rings. The highest BCUT2D eigenvalue weighted by molar-refractivity contribution is 5.93. The third-order valence-electron chi connectivity index (χ3n) is 4.51. The predicted molar refractivity (Wildman–Crippen MR) is 105 cm³/mol. The summed E-state index contributed by atoms with van der Waals surface area (Å²) in [6.45, 7) is 6.42. The number of carbonyl (C=O) groups is 1. The highest BCUT2D eigenvalue weighted by Crippen LogP contribution is 2.24. The molecule has 3 heteroatoms. The van der Waals surface area contributed by atoms with Gasteiger partial charge in [0.25, 0.3) is 0 Å². The van der Waals surface area contributed by atoms with Crippen LogP contribution in [0.25, 0.3) is 10.8 Å². The summed E-state index contributed by atoms with van der Waals surface area (Å²) in [5.41, 5.74) is 4.35. The second-order valence-corrected chi connectivity index (χ2v) is 6.54. The fraction of sp³-hybridized carbons (Fsp3) is 0.227. The second kappa shape index (κ2) is 7.49. The first kappa shape index (κ1) is 17.2. The van der Waals surface area contributed by atoms with Crippen LogP contribution in [-0.2, 0) is 4.79 Å². The zero-order chi connectivity index (χ0) is 17.8. The molecule has 3 aromatic carbocycles. The van der Waals surface area contributed by atoms with E-state index in [4.69, 9.17) is 0 Å². The molecule has 0 unspecified atom stereocenters. The van der Waals surface area contributed by atoms with E-state index in [1.807, 2.05) is 38.1 Å². The number of benzene rings is 3. The summed E-state index contributed by atoms with van der Waals surface area (Å²) < 4.78 is 0. The van der Waals surface area contributed by atoms with Gasteiger partial charge in [0.2, 0.25) is 5.91 Å². The number of nitrogens with one attached hydrogen (secondary N) is 2. The van der Waals surface area contributed by atoms with Crippen LogP contribution in [0.5, 0.6) is 0 Å². The van der Waals surface area contributed by atoms with Crippen molar-refractivity contribution in [3.63, 3.8) is 0 Å². The van der Waals surface area contributed by atoms with Crippen molar-refractivity contribution in [3.05, 3.63) is 77.4 Å². The summed E-state index contributed by atoms with van der Waals surface area (Å²) in [5.74, 6) is -0.0287. The number of rotatable bonds is 5. The summed E-state index contributed by atoms with van der Waals surface area (Å²) in [5, 5.41) is 8.75. The summed E-state index contributed by atoms with van der Waals surface area (Å²) in [6, 6.07) is 20.7.